The standard InChI is InChI=1S/C61H43N3S2/c1-42-38-50(63(45-24-11-4-12-25-45)48-35-37-58-54(39-48)52-30-17-18-32-57(52)65-58)40-55-60-53(31-19-33-59(60)66-61(42)55)51-36-34-49(62(43-20-7-2-8-21-43)44-22-9-3-10-23-44)41-56(51)64(46-26-13-5-14-27-46)47-28-15-6-16-29-47/h2-41H,1H3. The molecule has 3 nitrogen and oxygen atoms in total. The van der Waals surface area contributed by atoms with Crippen molar-refractivity contribution in [3.63, 3.8) is 0 Å². The average Bonchev–Trinajstić information content (AvgIpc) is 3.95. The molecule has 0 fully saturated rings. The molecule has 66 heavy (non-hydrogen) atoms. The lowest BCUT2D eigenvalue weighted by atomic mass is 9.95. The summed E-state index contributed by atoms with van der Waals surface area (Å²) in [4.78, 5) is 7.20. The third-order valence-electron chi connectivity index (χ3n) is 12.5. The van der Waals surface area contributed by atoms with Gasteiger partial charge in [-0.2, -0.15) is 0 Å². The van der Waals surface area contributed by atoms with Gasteiger partial charge in [-0.3, -0.25) is 0 Å². The van der Waals surface area contributed by atoms with Gasteiger partial charge in [0.15, 0.2) is 0 Å². The van der Waals surface area contributed by atoms with Gasteiger partial charge in [0.2, 0.25) is 0 Å². The number of fused-ring (bicyclic) bond motifs is 6. The lowest BCUT2D eigenvalue weighted by molar-refractivity contribution is 1.25. The molecule has 0 bridgehead atoms. The summed E-state index contributed by atoms with van der Waals surface area (Å²) in [5.74, 6) is 0. The molecule has 10 aromatic carbocycles. The predicted octanol–water partition coefficient (Wildman–Crippen LogP) is 18.8. The second-order valence-corrected chi connectivity index (χ2v) is 18.7. The summed E-state index contributed by atoms with van der Waals surface area (Å²) in [5, 5.41) is 5.09. The minimum absolute atomic E-state index is 1.07. The first kappa shape index (κ1) is 39.6. The van der Waals surface area contributed by atoms with Gasteiger partial charge < -0.3 is 14.7 Å². The lowest BCUT2D eigenvalue weighted by Crippen LogP contribution is -2.14. The van der Waals surface area contributed by atoms with Crippen LogP contribution in [0.3, 0.4) is 0 Å². The molecule has 0 aliphatic carbocycles. The Hall–Kier alpha value is -7.96. The Kier molecular flexibility index (Phi) is 10.1. The molecule has 0 saturated carbocycles. The van der Waals surface area contributed by atoms with Crippen LogP contribution in [0, 0.1) is 6.92 Å². The van der Waals surface area contributed by atoms with Crippen molar-refractivity contribution in [3.05, 3.63) is 248 Å². The van der Waals surface area contributed by atoms with Gasteiger partial charge in [0, 0.05) is 91.4 Å². The van der Waals surface area contributed by atoms with Crippen molar-refractivity contribution in [1.82, 2.24) is 0 Å². The molecule has 12 rings (SSSR count). The first-order chi connectivity index (χ1) is 32.7. The van der Waals surface area contributed by atoms with Gasteiger partial charge in [0.25, 0.3) is 0 Å². The van der Waals surface area contributed by atoms with Gasteiger partial charge in [-0.25, -0.2) is 0 Å². The van der Waals surface area contributed by atoms with Crippen LogP contribution in [0.4, 0.5) is 51.2 Å². The minimum Gasteiger partial charge on any atom is -0.310 e. The van der Waals surface area contributed by atoms with Gasteiger partial charge in [-0.1, -0.05) is 127 Å². The number of para-hydroxylation sites is 5. The molecule has 0 radical (unpaired) electrons. The molecule has 0 saturated heterocycles. The van der Waals surface area contributed by atoms with Gasteiger partial charge in [0.05, 0.1) is 5.69 Å². The van der Waals surface area contributed by atoms with Crippen molar-refractivity contribution in [2.45, 2.75) is 6.92 Å². The first-order valence-corrected chi connectivity index (χ1v) is 24.0. The summed E-state index contributed by atoms with van der Waals surface area (Å²) in [6.07, 6.45) is 0. The zero-order valence-corrected chi connectivity index (χ0v) is 37.9. The second kappa shape index (κ2) is 16.9. The van der Waals surface area contributed by atoms with Crippen LogP contribution in [0.5, 0.6) is 0 Å². The Balaban J connectivity index is 1.11. The number of anilines is 9. The molecule has 5 heteroatoms. The third-order valence-corrected chi connectivity index (χ3v) is 14.9. The van der Waals surface area contributed by atoms with E-state index in [1.54, 1.807) is 0 Å². The van der Waals surface area contributed by atoms with Crippen molar-refractivity contribution >= 4 is 114 Å². The monoisotopic (exact) mass is 881 g/mol. The van der Waals surface area contributed by atoms with Crippen LogP contribution in [-0.2, 0) is 0 Å². The highest BCUT2D eigenvalue weighted by Gasteiger charge is 2.24. The van der Waals surface area contributed by atoms with Gasteiger partial charge in [-0.05, 0) is 133 Å². The summed E-state index contributed by atoms with van der Waals surface area (Å²) >= 11 is 3.74. The van der Waals surface area contributed by atoms with E-state index in [4.69, 9.17) is 0 Å². The smallest absolute Gasteiger partial charge is 0.0561 e. The Morgan fingerprint density at radius 2 is 0.758 bits per heavy atom. The van der Waals surface area contributed by atoms with Crippen LogP contribution in [0.25, 0.3) is 51.5 Å². The highest BCUT2D eigenvalue weighted by molar-refractivity contribution is 7.26. The molecular weight excluding hydrogens is 839 g/mol. The maximum absolute atomic E-state index is 2.43. The predicted molar refractivity (Wildman–Crippen MR) is 286 cm³/mol. The van der Waals surface area contributed by atoms with Gasteiger partial charge in [0.1, 0.15) is 0 Å². The van der Waals surface area contributed by atoms with Crippen molar-refractivity contribution in [1.29, 1.82) is 0 Å². The zero-order chi connectivity index (χ0) is 44.0. The molecule has 0 aliphatic rings. The van der Waals surface area contributed by atoms with E-state index in [2.05, 4.69) is 264 Å². The number of rotatable bonds is 10. The maximum atomic E-state index is 2.43. The summed E-state index contributed by atoms with van der Waals surface area (Å²) in [6.45, 7) is 2.27. The average molecular weight is 882 g/mol. The third kappa shape index (κ3) is 7.06. The Morgan fingerprint density at radius 1 is 0.288 bits per heavy atom. The molecule has 0 unspecified atom stereocenters. The fraction of sp³-hybridized carbons (Fsp3) is 0.0164. The number of hydrogen-bond acceptors (Lipinski definition) is 5. The molecule has 0 aliphatic heterocycles. The highest BCUT2D eigenvalue weighted by Crippen LogP contribution is 2.50. The van der Waals surface area contributed by atoms with E-state index in [1.165, 1.54) is 51.5 Å². The highest BCUT2D eigenvalue weighted by atomic mass is 32.1. The largest absolute Gasteiger partial charge is 0.310 e. The summed E-state index contributed by atoms with van der Waals surface area (Å²) in [5.41, 5.74) is 13.5. The molecule has 0 N–H and O–H groups in total. The lowest BCUT2D eigenvalue weighted by Gasteiger charge is -2.31. The summed E-state index contributed by atoms with van der Waals surface area (Å²) in [6, 6.07) is 88.0. The quantitative estimate of drug-likeness (QED) is 0.135. The molecule has 0 amide bonds. The van der Waals surface area contributed by atoms with E-state index in [0.717, 1.165) is 56.7 Å². The van der Waals surface area contributed by atoms with Crippen molar-refractivity contribution in [2.75, 3.05) is 14.7 Å². The van der Waals surface area contributed by atoms with Crippen molar-refractivity contribution in [2.24, 2.45) is 0 Å². The van der Waals surface area contributed by atoms with Gasteiger partial charge in [-0.15, -0.1) is 22.7 Å². The number of hydrogen-bond donors (Lipinski definition) is 0. The number of thiophene rings is 2. The van der Waals surface area contributed by atoms with E-state index < -0.39 is 0 Å². The Morgan fingerprint density at radius 3 is 1.36 bits per heavy atom. The van der Waals surface area contributed by atoms with E-state index in [9.17, 15) is 0 Å². The van der Waals surface area contributed by atoms with Crippen LogP contribution in [0.2, 0.25) is 0 Å². The van der Waals surface area contributed by atoms with Crippen molar-refractivity contribution < 1.29 is 0 Å². The zero-order valence-electron chi connectivity index (χ0n) is 36.3. The van der Waals surface area contributed by atoms with Crippen LogP contribution in [-0.4, -0.2) is 0 Å². The van der Waals surface area contributed by atoms with Crippen LogP contribution < -0.4 is 14.7 Å². The normalized spacial score (nSPS) is 11.4. The second-order valence-electron chi connectivity index (χ2n) is 16.6. The fourth-order valence-electron chi connectivity index (χ4n) is 9.57. The van der Waals surface area contributed by atoms with Crippen molar-refractivity contribution in [3.8, 4) is 11.1 Å². The van der Waals surface area contributed by atoms with Crippen LogP contribution >= 0.6 is 22.7 Å². The minimum atomic E-state index is 1.07. The summed E-state index contributed by atoms with van der Waals surface area (Å²) < 4.78 is 5.17. The van der Waals surface area contributed by atoms with E-state index >= 15 is 0 Å². The SMILES string of the molecule is Cc1cc(N(c2ccccc2)c2ccc3sc4ccccc4c3c2)cc2c1sc1cccc(-c3ccc(N(c4ccccc4)c4ccccc4)cc3N(c3ccccc3)c3ccccc3)c12. The molecule has 0 atom stereocenters. The fourth-order valence-corrected chi connectivity index (χ4v) is 11.8. The molecule has 2 heterocycles. The number of nitrogens with zero attached hydrogens (tertiary/aromatic N) is 3. The van der Waals surface area contributed by atoms with Gasteiger partial charge >= 0.3 is 0 Å². The molecule has 0 spiro atoms. The molecule has 12 aromatic rings. The van der Waals surface area contributed by atoms with E-state index in [-0.39, 0.29) is 0 Å². The Bertz CT molecular complexity index is 3580. The first-order valence-electron chi connectivity index (χ1n) is 22.3. The van der Waals surface area contributed by atoms with Crippen LogP contribution in [0.1, 0.15) is 5.56 Å². The molecule has 2 aromatic heterocycles. The van der Waals surface area contributed by atoms with Crippen LogP contribution in [0.15, 0.2) is 243 Å². The summed E-state index contributed by atoms with van der Waals surface area (Å²) in [7, 11) is 0. The Labute approximate surface area is 392 Å². The molecular formula is C61H43N3S2. The topological polar surface area (TPSA) is 9.72 Å². The molecule has 314 valence electrons. The van der Waals surface area contributed by atoms with E-state index in [0.29, 0.717) is 0 Å². The number of benzene rings is 10. The van der Waals surface area contributed by atoms with E-state index in [1.807, 2.05) is 22.7 Å². The number of aryl methyl sites for hydroxylation is 1. The maximum Gasteiger partial charge on any atom is 0.0561 e.